The monoisotopic (exact) mass is 279 g/mol. The van der Waals surface area contributed by atoms with Crippen molar-refractivity contribution < 1.29 is 0 Å². The first-order chi connectivity index (χ1) is 9.10. The zero-order valence-corrected chi connectivity index (χ0v) is 13.1. The summed E-state index contributed by atoms with van der Waals surface area (Å²) in [5, 5.41) is 4.67. The van der Waals surface area contributed by atoms with Crippen molar-refractivity contribution in [3.05, 3.63) is 34.9 Å². The van der Waals surface area contributed by atoms with Gasteiger partial charge >= 0.3 is 0 Å². The molecule has 4 atom stereocenters. The molecule has 1 fully saturated rings. The summed E-state index contributed by atoms with van der Waals surface area (Å²) >= 11 is 5.97. The lowest BCUT2D eigenvalue weighted by molar-refractivity contribution is 0.214. The second-order valence-electron chi connectivity index (χ2n) is 6.14. The van der Waals surface area contributed by atoms with Crippen LogP contribution < -0.4 is 5.32 Å². The molecule has 1 aromatic carbocycles. The average molecular weight is 280 g/mol. The summed E-state index contributed by atoms with van der Waals surface area (Å²) in [6.07, 6.45) is 5.11. The van der Waals surface area contributed by atoms with Gasteiger partial charge < -0.3 is 5.32 Å². The van der Waals surface area contributed by atoms with Crippen molar-refractivity contribution >= 4 is 11.6 Å². The predicted molar refractivity (Wildman–Crippen MR) is 83.6 cm³/mol. The van der Waals surface area contributed by atoms with Crippen molar-refractivity contribution in [2.75, 3.05) is 0 Å². The van der Waals surface area contributed by atoms with E-state index in [4.69, 9.17) is 11.6 Å². The minimum absolute atomic E-state index is 0.461. The molecule has 4 unspecified atom stereocenters. The summed E-state index contributed by atoms with van der Waals surface area (Å²) in [7, 11) is 0. The molecule has 1 aromatic rings. The van der Waals surface area contributed by atoms with Gasteiger partial charge in [-0.15, -0.1) is 0 Å². The first kappa shape index (κ1) is 14.9. The third-order valence-electron chi connectivity index (χ3n) is 4.72. The third kappa shape index (κ3) is 3.97. The molecule has 0 saturated heterocycles. The topological polar surface area (TPSA) is 12.0 Å². The molecule has 0 heterocycles. The molecular weight excluding hydrogens is 254 g/mol. The van der Waals surface area contributed by atoms with Gasteiger partial charge in [0.15, 0.2) is 0 Å². The Morgan fingerprint density at radius 2 is 1.84 bits per heavy atom. The molecule has 1 nitrogen and oxygen atoms in total. The summed E-state index contributed by atoms with van der Waals surface area (Å²) in [4.78, 5) is 0. The van der Waals surface area contributed by atoms with E-state index in [0.29, 0.717) is 12.1 Å². The van der Waals surface area contributed by atoms with E-state index in [1.54, 1.807) is 0 Å². The minimum atomic E-state index is 0.461. The third-order valence-corrected chi connectivity index (χ3v) is 4.97. The summed E-state index contributed by atoms with van der Waals surface area (Å²) in [6, 6.07) is 9.42. The Kier molecular flexibility index (Phi) is 5.29. The Morgan fingerprint density at radius 3 is 2.42 bits per heavy atom. The first-order valence-electron chi connectivity index (χ1n) is 7.61. The van der Waals surface area contributed by atoms with E-state index in [1.807, 2.05) is 12.1 Å². The van der Waals surface area contributed by atoms with Crippen molar-refractivity contribution in [1.29, 1.82) is 0 Å². The lowest BCUT2D eigenvalue weighted by atomic mass is 9.79. The van der Waals surface area contributed by atoms with Gasteiger partial charge in [-0.3, -0.25) is 0 Å². The summed E-state index contributed by atoms with van der Waals surface area (Å²) in [6.45, 7) is 7.03. The summed E-state index contributed by atoms with van der Waals surface area (Å²) < 4.78 is 0. The first-order valence-corrected chi connectivity index (χ1v) is 7.99. The molecule has 0 bridgehead atoms. The van der Waals surface area contributed by atoms with Crippen LogP contribution in [0.25, 0.3) is 0 Å². The van der Waals surface area contributed by atoms with Gasteiger partial charge in [0, 0.05) is 17.1 Å². The lowest BCUT2D eigenvalue weighted by Crippen LogP contribution is -2.38. The highest BCUT2D eigenvalue weighted by Gasteiger charge is 2.26. The van der Waals surface area contributed by atoms with E-state index in [9.17, 15) is 0 Å². The molecular formula is C17H26ClN. The molecule has 1 aliphatic carbocycles. The molecule has 0 aliphatic heterocycles. The Hall–Kier alpha value is -0.530. The fourth-order valence-electron chi connectivity index (χ4n) is 3.13. The maximum Gasteiger partial charge on any atom is 0.0406 e. The predicted octanol–water partition coefficient (Wildman–Crippen LogP) is 5.21. The van der Waals surface area contributed by atoms with Crippen LogP contribution in [0.2, 0.25) is 5.02 Å². The molecule has 0 aromatic heterocycles. The van der Waals surface area contributed by atoms with Crippen LogP contribution in [-0.4, -0.2) is 6.04 Å². The molecule has 2 heteroatoms. The standard InChI is InChI=1S/C17H26ClN/c1-4-17(14-6-8-15(18)9-7-14)19-16-10-5-12(2)13(3)11-16/h6-9,12-13,16-17,19H,4-5,10-11H2,1-3H3. The quantitative estimate of drug-likeness (QED) is 0.798. The van der Waals surface area contributed by atoms with Gasteiger partial charge in [-0.1, -0.05) is 44.5 Å². The van der Waals surface area contributed by atoms with E-state index < -0.39 is 0 Å². The molecule has 0 radical (unpaired) electrons. The average Bonchev–Trinajstić information content (AvgIpc) is 2.41. The summed E-state index contributed by atoms with van der Waals surface area (Å²) in [5.74, 6) is 1.72. The maximum atomic E-state index is 5.97. The van der Waals surface area contributed by atoms with Crippen LogP contribution in [0.5, 0.6) is 0 Å². The second-order valence-corrected chi connectivity index (χ2v) is 6.58. The lowest BCUT2D eigenvalue weighted by Gasteiger charge is -2.35. The highest BCUT2D eigenvalue weighted by molar-refractivity contribution is 6.30. The Bertz CT molecular complexity index is 387. The van der Waals surface area contributed by atoms with Crippen LogP contribution in [0, 0.1) is 11.8 Å². The highest BCUT2D eigenvalue weighted by Crippen LogP contribution is 2.31. The zero-order chi connectivity index (χ0) is 13.8. The van der Waals surface area contributed by atoms with Crippen LogP contribution >= 0.6 is 11.6 Å². The van der Waals surface area contributed by atoms with Crippen molar-refractivity contribution in [2.24, 2.45) is 11.8 Å². The second kappa shape index (κ2) is 6.76. The van der Waals surface area contributed by atoms with E-state index >= 15 is 0 Å². The van der Waals surface area contributed by atoms with Crippen LogP contribution in [0.3, 0.4) is 0 Å². The van der Waals surface area contributed by atoms with Gasteiger partial charge in [-0.2, -0.15) is 0 Å². The van der Waals surface area contributed by atoms with Crippen molar-refractivity contribution in [1.82, 2.24) is 5.32 Å². The highest BCUT2D eigenvalue weighted by atomic mass is 35.5. The van der Waals surface area contributed by atoms with Gasteiger partial charge in [0.1, 0.15) is 0 Å². The van der Waals surface area contributed by atoms with Crippen molar-refractivity contribution in [2.45, 2.75) is 58.5 Å². The number of halogens is 1. The Balaban J connectivity index is 1.97. The van der Waals surface area contributed by atoms with Gasteiger partial charge in [-0.05, 0) is 55.2 Å². The molecule has 1 aliphatic rings. The molecule has 106 valence electrons. The van der Waals surface area contributed by atoms with E-state index in [0.717, 1.165) is 23.3 Å². The molecule has 0 spiro atoms. The van der Waals surface area contributed by atoms with Crippen LogP contribution in [0.4, 0.5) is 0 Å². The van der Waals surface area contributed by atoms with Crippen molar-refractivity contribution in [3.8, 4) is 0 Å². The molecule has 1 N–H and O–H groups in total. The van der Waals surface area contributed by atoms with Gasteiger partial charge in [0.25, 0.3) is 0 Å². The van der Waals surface area contributed by atoms with Crippen LogP contribution in [0.15, 0.2) is 24.3 Å². The van der Waals surface area contributed by atoms with Crippen LogP contribution in [0.1, 0.15) is 58.1 Å². The SMILES string of the molecule is CCC(NC1CCC(C)C(C)C1)c1ccc(Cl)cc1. The number of rotatable bonds is 4. The molecule has 2 rings (SSSR count). The molecule has 1 saturated carbocycles. The van der Waals surface area contributed by atoms with Gasteiger partial charge in [0.2, 0.25) is 0 Å². The maximum absolute atomic E-state index is 5.97. The number of hydrogen-bond acceptors (Lipinski definition) is 1. The molecule has 19 heavy (non-hydrogen) atoms. The number of benzene rings is 1. The summed E-state index contributed by atoms with van der Waals surface area (Å²) in [5.41, 5.74) is 1.36. The van der Waals surface area contributed by atoms with Crippen molar-refractivity contribution in [3.63, 3.8) is 0 Å². The Morgan fingerprint density at radius 1 is 1.16 bits per heavy atom. The molecule has 0 amide bonds. The zero-order valence-electron chi connectivity index (χ0n) is 12.3. The van der Waals surface area contributed by atoms with E-state index in [2.05, 4.69) is 38.2 Å². The van der Waals surface area contributed by atoms with E-state index in [-0.39, 0.29) is 0 Å². The van der Waals surface area contributed by atoms with Gasteiger partial charge in [0.05, 0.1) is 0 Å². The number of hydrogen-bond donors (Lipinski definition) is 1. The largest absolute Gasteiger partial charge is 0.307 e. The minimum Gasteiger partial charge on any atom is -0.307 e. The fraction of sp³-hybridized carbons (Fsp3) is 0.647. The van der Waals surface area contributed by atoms with Gasteiger partial charge in [-0.25, -0.2) is 0 Å². The van der Waals surface area contributed by atoms with E-state index in [1.165, 1.54) is 24.8 Å². The number of nitrogens with one attached hydrogen (secondary N) is 1. The Labute approximate surface area is 122 Å². The normalized spacial score (nSPS) is 29.2. The fourth-order valence-corrected chi connectivity index (χ4v) is 3.25. The van der Waals surface area contributed by atoms with Crippen LogP contribution in [-0.2, 0) is 0 Å². The smallest absolute Gasteiger partial charge is 0.0406 e.